The molecule has 0 bridgehead atoms. The summed E-state index contributed by atoms with van der Waals surface area (Å²) < 4.78 is 20.9. The number of anilines is 2. The van der Waals surface area contributed by atoms with Crippen molar-refractivity contribution in [1.82, 2.24) is 8.75 Å². The van der Waals surface area contributed by atoms with E-state index in [0.29, 0.717) is 11.5 Å². The van der Waals surface area contributed by atoms with Crippen LogP contribution in [0.4, 0.5) is 15.9 Å². The van der Waals surface area contributed by atoms with E-state index in [0.717, 1.165) is 11.7 Å². The minimum Gasteiger partial charge on any atom is -0.336 e. The smallest absolute Gasteiger partial charge is 0.187 e. The van der Waals surface area contributed by atoms with Gasteiger partial charge in [0.2, 0.25) is 0 Å². The van der Waals surface area contributed by atoms with Crippen LogP contribution in [-0.4, -0.2) is 8.75 Å². The number of nitrogens with zero attached hydrogens (tertiary/aromatic N) is 3. The summed E-state index contributed by atoms with van der Waals surface area (Å²) in [4.78, 5) is 0. The van der Waals surface area contributed by atoms with E-state index in [9.17, 15) is 4.39 Å². The highest BCUT2D eigenvalue weighted by Crippen LogP contribution is 2.25. The fraction of sp³-hybridized carbons (Fsp3) is 0. The third-order valence-electron chi connectivity index (χ3n) is 1.83. The second kappa shape index (κ2) is 4.43. The molecule has 0 saturated carbocycles. The molecule has 1 aromatic carbocycles. The highest BCUT2D eigenvalue weighted by molar-refractivity contribution is 6.99. The van der Waals surface area contributed by atoms with Crippen molar-refractivity contribution in [3.8, 4) is 6.07 Å². The van der Waals surface area contributed by atoms with E-state index < -0.39 is 5.82 Å². The SMILES string of the molecule is N#Cc1c(F)cccc1Nc1nsnc1Cl. The minimum absolute atomic E-state index is 0.0773. The van der Waals surface area contributed by atoms with Gasteiger partial charge in [-0.2, -0.15) is 14.0 Å². The fourth-order valence-electron chi connectivity index (χ4n) is 1.12. The Labute approximate surface area is 99.6 Å². The Morgan fingerprint density at radius 3 is 2.88 bits per heavy atom. The number of nitrogens with one attached hydrogen (secondary N) is 1. The van der Waals surface area contributed by atoms with Crippen LogP contribution in [0, 0.1) is 17.1 Å². The van der Waals surface area contributed by atoms with Gasteiger partial charge in [-0.15, -0.1) is 0 Å². The van der Waals surface area contributed by atoms with Crippen LogP contribution in [0.25, 0.3) is 0 Å². The zero-order valence-corrected chi connectivity index (χ0v) is 9.31. The Kier molecular flexibility index (Phi) is 2.99. The lowest BCUT2D eigenvalue weighted by Gasteiger charge is -2.05. The second-order valence-corrected chi connectivity index (χ2v) is 3.69. The molecule has 0 unspecified atom stereocenters. The van der Waals surface area contributed by atoms with Crippen LogP contribution >= 0.6 is 23.3 Å². The number of benzene rings is 1. The molecule has 0 aliphatic heterocycles. The Morgan fingerprint density at radius 1 is 1.44 bits per heavy atom. The number of aromatic nitrogens is 2. The molecule has 0 amide bonds. The standard InChI is InChI=1S/C9H4ClFN4S/c10-8-9(15-16-14-8)13-7-3-1-2-6(11)5(7)4-12/h1-3H,(H,13,15). The van der Waals surface area contributed by atoms with Gasteiger partial charge in [0.05, 0.1) is 17.4 Å². The molecule has 0 aliphatic rings. The fourth-order valence-corrected chi connectivity index (χ4v) is 1.77. The first-order valence-electron chi connectivity index (χ1n) is 4.16. The van der Waals surface area contributed by atoms with Crippen molar-refractivity contribution >= 4 is 34.8 Å². The Morgan fingerprint density at radius 2 is 2.25 bits per heavy atom. The molecule has 0 fully saturated rings. The Balaban J connectivity index is 2.40. The van der Waals surface area contributed by atoms with Gasteiger partial charge in [-0.25, -0.2) is 4.39 Å². The zero-order chi connectivity index (χ0) is 11.5. The number of rotatable bonds is 2. The zero-order valence-electron chi connectivity index (χ0n) is 7.74. The highest BCUT2D eigenvalue weighted by atomic mass is 35.5. The molecule has 80 valence electrons. The molecule has 7 heteroatoms. The minimum atomic E-state index is -0.591. The van der Waals surface area contributed by atoms with E-state index in [1.165, 1.54) is 12.1 Å². The van der Waals surface area contributed by atoms with Crippen LogP contribution < -0.4 is 5.32 Å². The van der Waals surface area contributed by atoms with Crippen molar-refractivity contribution in [2.45, 2.75) is 0 Å². The molecule has 2 rings (SSSR count). The monoisotopic (exact) mass is 254 g/mol. The summed E-state index contributed by atoms with van der Waals surface area (Å²) in [7, 11) is 0. The third-order valence-corrected chi connectivity index (χ3v) is 2.72. The van der Waals surface area contributed by atoms with Crippen LogP contribution in [0.5, 0.6) is 0 Å². The van der Waals surface area contributed by atoms with E-state index in [2.05, 4.69) is 14.1 Å². The van der Waals surface area contributed by atoms with Crippen LogP contribution in [0.1, 0.15) is 5.56 Å². The summed E-state index contributed by atoms with van der Waals surface area (Å²) in [6.07, 6.45) is 0. The average Bonchev–Trinajstić information content (AvgIpc) is 2.65. The lowest BCUT2D eigenvalue weighted by Crippen LogP contribution is -1.96. The van der Waals surface area contributed by atoms with Gasteiger partial charge in [-0.05, 0) is 12.1 Å². The van der Waals surface area contributed by atoms with Crippen molar-refractivity contribution < 1.29 is 4.39 Å². The third kappa shape index (κ3) is 1.96. The first-order valence-corrected chi connectivity index (χ1v) is 5.27. The second-order valence-electron chi connectivity index (χ2n) is 2.80. The molecular formula is C9H4ClFN4S. The summed E-state index contributed by atoms with van der Waals surface area (Å²) in [6, 6.07) is 6.04. The maximum Gasteiger partial charge on any atom is 0.187 e. The van der Waals surface area contributed by atoms with Gasteiger partial charge in [0.25, 0.3) is 0 Å². The summed E-state index contributed by atoms with van der Waals surface area (Å²) in [5.74, 6) is -0.277. The van der Waals surface area contributed by atoms with Gasteiger partial charge < -0.3 is 5.32 Å². The van der Waals surface area contributed by atoms with Crippen LogP contribution in [0.3, 0.4) is 0 Å². The van der Waals surface area contributed by atoms with Gasteiger partial charge in [-0.3, -0.25) is 0 Å². The van der Waals surface area contributed by atoms with Crippen molar-refractivity contribution in [2.75, 3.05) is 5.32 Å². The van der Waals surface area contributed by atoms with E-state index in [4.69, 9.17) is 16.9 Å². The molecule has 16 heavy (non-hydrogen) atoms. The maximum atomic E-state index is 13.3. The molecule has 0 saturated heterocycles. The van der Waals surface area contributed by atoms with Crippen molar-refractivity contribution in [3.05, 3.63) is 34.7 Å². The molecule has 0 aliphatic carbocycles. The first-order chi connectivity index (χ1) is 7.72. The van der Waals surface area contributed by atoms with Crippen molar-refractivity contribution in [3.63, 3.8) is 0 Å². The molecular weight excluding hydrogens is 251 g/mol. The van der Waals surface area contributed by atoms with Gasteiger partial charge in [-0.1, -0.05) is 17.7 Å². The van der Waals surface area contributed by atoms with E-state index >= 15 is 0 Å². The van der Waals surface area contributed by atoms with E-state index in [-0.39, 0.29) is 10.7 Å². The molecule has 2 aromatic rings. The number of nitriles is 1. The predicted molar refractivity (Wildman–Crippen MR) is 59.3 cm³/mol. The van der Waals surface area contributed by atoms with Crippen LogP contribution in [0.15, 0.2) is 18.2 Å². The van der Waals surface area contributed by atoms with Crippen LogP contribution in [0.2, 0.25) is 5.15 Å². The topological polar surface area (TPSA) is 61.6 Å². The van der Waals surface area contributed by atoms with Gasteiger partial charge in [0, 0.05) is 0 Å². The largest absolute Gasteiger partial charge is 0.336 e. The molecule has 0 radical (unpaired) electrons. The van der Waals surface area contributed by atoms with Crippen molar-refractivity contribution in [2.24, 2.45) is 0 Å². The summed E-state index contributed by atoms with van der Waals surface area (Å²) in [6.45, 7) is 0. The lowest BCUT2D eigenvalue weighted by molar-refractivity contribution is 0.624. The first kappa shape index (κ1) is 10.8. The Bertz CT molecular complexity index is 563. The quantitative estimate of drug-likeness (QED) is 0.895. The summed E-state index contributed by atoms with van der Waals surface area (Å²) in [5.41, 5.74) is 0.240. The van der Waals surface area contributed by atoms with Gasteiger partial charge in [0.1, 0.15) is 17.4 Å². The summed E-state index contributed by atoms with van der Waals surface area (Å²) in [5, 5.41) is 11.7. The molecule has 0 spiro atoms. The summed E-state index contributed by atoms with van der Waals surface area (Å²) >= 11 is 6.65. The number of hydrogen-bond donors (Lipinski definition) is 1. The van der Waals surface area contributed by atoms with Gasteiger partial charge >= 0.3 is 0 Å². The molecule has 1 heterocycles. The van der Waals surface area contributed by atoms with E-state index in [1.807, 2.05) is 0 Å². The highest BCUT2D eigenvalue weighted by Gasteiger charge is 2.11. The van der Waals surface area contributed by atoms with Gasteiger partial charge in [0.15, 0.2) is 11.0 Å². The molecule has 1 N–H and O–H groups in total. The van der Waals surface area contributed by atoms with Crippen molar-refractivity contribution in [1.29, 1.82) is 5.26 Å². The van der Waals surface area contributed by atoms with Crippen LogP contribution in [-0.2, 0) is 0 Å². The average molecular weight is 255 g/mol. The maximum absolute atomic E-state index is 13.3. The molecule has 0 atom stereocenters. The lowest BCUT2D eigenvalue weighted by atomic mass is 10.2. The molecule has 4 nitrogen and oxygen atoms in total. The number of halogens is 2. The Hall–Kier alpha value is -1.71. The number of hydrogen-bond acceptors (Lipinski definition) is 5. The normalized spacial score (nSPS) is 9.81. The van der Waals surface area contributed by atoms with E-state index in [1.54, 1.807) is 12.1 Å². The molecule has 1 aromatic heterocycles. The predicted octanol–water partition coefficient (Wildman–Crippen LogP) is 2.95.